The zero-order valence-electron chi connectivity index (χ0n) is 12.9. The Labute approximate surface area is 123 Å². The Kier molecular flexibility index (Phi) is 5.58. The summed E-state index contributed by atoms with van der Waals surface area (Å²) in [5.41, 5.74) is 1.38. The molecule has 0 aromatic heterocycles. The Balaban J connectivity index is 1.80. The van der Waals surface area contributed by atoms with Gasteiger partial charge in [0.05, 0.1) is 6.10 Å². The minimum absolute atomic E-state index is 0.240. The van der Waals surface area contributed by atoms with Crippen molar-refractivity contribution in [3.05, 3.63) is 35.9 Å². The van der Waals surface area contributed by atoms with E-state index < -0.39 is 0 Å². The molecule has 3 atom stereocenters. The predicted molar refractivity (Wildman–Crippen MR) is 83.7 cm³/mol. The maximum absolute atomic E-state index is 9.86. The molecule has 2 N–H and O–H groups in total. The Morgan fingerprint density at radius 2 is 1.95 bits per heavy atom. The van der Waals surface area contributed by atoms with Gasteiger partial charge >= 0.3 is 0 Å². The molecule has 112 valence electrons. The molecule has 1 aliphatic heterocycles. The van der Waals surface area contributed by atoms with Gasteiger partial charge in [0.25, 0.3) is 0 Å². The van der Waals surface area contributed by atoms with E-state index >= 15 is 0 Å². The zero-order chi connectivity index (χ0) is 14.5. The van der Waals surface area contributed by atoms with Crippen LogP contribution in [0.3, 0.4) is 0 Å². The van der Waals surface area contributed by atoms with Crippen LogP contribution in [0.4, 0.5) is 0 Å². The monoisotopic (exact) mass is 276 g/mol. The number of aliphatic hydroxyl groups is 1. The van der Waals surface area contributed by atoms with Gasteiger partial charge in [0, 0.05) is 31.7 Å². The molecule has 1 heterocycles. The van der Waals surface area contributed by atoms with Gasteiger partial charge in [-0.2, -0.15) is 0 Å². The largest absolute Gasteiger partial charge is 0.392 e. The molecule has 3 nitrogen and oxygen atoms in total. The van der Waals surface area contributed by atoms with Gasteiger partial charge in [-0.25, -0.2) is 0 Å². The molecule has 1 aromatic rings. The van der Waals surface area contributed by atoms with Gasteiger partial charge in [-0.05, 0) is 24.8 Å². The summed E-state index contributed by atoms with van der Waals surface area (Å²) in [4.78, 5) is 2.52. The van der Waals surface area contributed by atoms with Crippen molar-refractivity contribution in [2.45, 2.75) is 45.4 Å². The van der Waals surface area contributed by atoms with Gasteiger partial charge in [0.1, 0.15) is 0 Å². The lowest BCUT2D eigenvalue weighted by atomic mass is 10.1. The molecule has 2 rings (SSSR count). The summed E-state index contributed by atoms with van der Waals surface area (Å²) in [7, 11) is 0. The third-order valence-electron chi connectivity index (χ3n) is 4.43. The van der Waals surface area contributed by atoms with Crippen molar-refractivity contribution < 1.29 is 5.11 Å². The lowest BCUT2D eigenvalue weighted by Crippen LogP contribution is -2.39. The highest BCUT2D eigenvalue weighted by atomic mass is 16.3. The summed E-state index contributed by atoms with van der Waals surface area (Å²) in [5.74, 6) is 0.322. The van der Waals surface area contributed by atoms with Crippen LogP contribution in [-0.4, -0.2) is 41.8 Å². The molecular weight excluding hydrogens is 248 g/mol. The van der Waals surface area contributed by atoms with Crippen LogP contribution in [0.15, 0.2) is 30.3 Å². The number of benzene rings is 1. The quantitative estimate of drug-likeness (QED) is 0.837. The second kappa shape index (κ2) is 7.21. The molecular formula is C17H28N2O. The SMILES string of the molecule is CC(C)C(O)CNC1CCN(C(C)c2ccccc2)C1. The average Bonchev–Trinajstić information content (AvgIpc) is 2.93. The van der Waals surface area contributed by atoms with E-state index in [2.05, 4.69) is 61.3 Å². The van der Waals surface area contributed by atoms with Crippen molar-refractivity contribution in [3.8, 4) is 0 Å². The van der Waals surface area contributed by atoms with Crippen molar-refractivity contribution in [1.29, 1.82) is 0 Å². The first-order valence-electron chi connectivity index (χ1n) is 7.78. The maximum atomic E-state index is 9.86. The van der Waals surface area contributed by atoms with E-state index in [1.807, 2.05) is 0 Å². The third-order valence-corrected chi connectivity index (χ3v) is 4.43. The smallest absolute Gasteiger partial charge is 0.0687 e. The van der Waals surface area contributed by atoms with Crippen molar-refractivity contribution in [2.75, 3.05) is 19.6 Å². The number of hydrogen-bond acceptors (Lipinski definition) is 3. The van der Waals surface area contributed by atoms with E-state index in [1.54, 1.807) is 0 Å². The topological polar surface area (TPSA) is 35.5 Å². The first kappa shape index (κ1) is 15.5. The van der Waals surface area contributed by atoms with Gasteiger partial charge in [-0.1, -0.05) is 44.2 Å². The molecule has 0 saturated carbocycles. The van der Waals surface area contributed by atoms with Crippen LogP contribution in [0.25, 0.3) is 0 Å². The number of hydrogen-bond donors (Lipinski definition) is 2. The molecule has 20 heavy (non-hydrogen) atoms. The lowest BCUT2D eigenvalue weighted by molar-refractivity contribution is 0.119. The molecule has 1 fully saturated rings. The van der Waals surface area contributed by atoms with Gasteiger partial charge in [-0.15, -0.1) is 0 Å². The van der Waals surface area contributed by atoms with E-state index in [-0.39, 0.29) is 6.10 Å². The molecule has 0 spiro atoms. The average molecular weight is 276 g/mol. The Morgan fingerprint density at radius 3 is 2.60 bits per heavy atom. The van der Waals surface area contributed by atoms with Crippen LogP contribution >= 0.6 is 0 Å². The Bertz CT molecular complexity index is 393. The molecule has 0 bridgehead atoms. The number of aliphatic hydroxyl groups excluding tert-OH is 1. The lowest BCUT2D eigenvalue weighted by Gasteiger charge is -2.25. The number of nitrogens with one attached hydrogen (secondary N) is 1. The summed E-state index contributed by atoms with van der Waals surface area (Å²) in [6, 6.07) is 11.7. The van der Waals surface area contributed by atoms with Gasteiger partial charge < -0.3 is 10.4 Å². The van der Waals surface area contributed by atoms with E-state index in [4.69, 9.17) is 0 Å². The van der Waals surface area contributed by atoms with Crippen LogP contribution in [-0.2, 0) is 0 Å². The van der Waals surface area contributed by atoms with Gasteiger partial charge in [0.15, 0.2) is 0 Å². The van der Waals surface area contributed by atoms with Crippen LogP contribution in [0.1, 0.15) is 38.8 Å². The first-order valence-corrected chi connectivity index (χ1v) is 7.78. The molecule has 0 aliphatic carbocycles. The highest BCUT2D eigenvalue weighted by Gasteiger charge is 2.26. The fourth-order valence-corrected chi connectivity index (χ4v) is 2.77. The summed E-state index contributed by atoms with van der Waals surface area (Å²) in [6.45, 7) is 9.30. The first-order chi connectivity index (χ1) is 9.58. The van der Waals surface area contributed by atoms with E-state index in [1.165, 1.54) is 12.0 Å². The minimum Gasteiger partial charge on any atom is -0.392 e. The fraction of sp³-hybridized carbons (Fsp3) is 0.647. The fourth-order valence-electron chi connectivity index (χ4n) is 2.77. The number of rotatable bonds is 6. The van der Waals surface area contributed by atoms with Crippen LogP contribution in [0, 0.1) is 5.92 Å². The second-order valence-electron chi connectivity index (χ2n) is 6.29. The summed E-state index contributed by atoms with van der Waals surface area (Å²) >= 11 is 0. The predicted octanol–water partition coefficient (Wildman–Crippen LogP) is 2.43. The van der Waals surface area contributed by atoms with E-state index in [0.717, 1.165) is 13.1 Å². The molecule has 1 aromatic carbocycles. The van der Waals surface area contributed by atoms with Gasteiger partial charge in [0.2, 0.25) is 0 Å². The maximum Gasteiger partial charge on any atom is 0.0687 e. The Morgan fingerprint density at radius 1 is 1.25 bits per heavy atom. The molecule has 1 aliphatic rings. The Hall–Kier alpha value is -0.900. The summed E-state index contributed by atoms with van der Waals surface area (Å²) < 4.78 is 0. The van der Waals surface area contributed by atoms with E-state index in [9.17, 15) is 5.11 Å². The number of likely N-dealkylation sites (tertiary alicyclic amines) is 1. The normalized spacial score (nSPS) is 23.1. The highest BCUT2D eigenvalue weighted by Crippen LogP contribution is 2.24. The molecule has 1 saturated heterocycles. The van der Waals surface area contributed by atoms with Crippen molar-refractivity contribution in [2.24, 2.45) is 5.92 Å². The van der Waals surface area contributed by atoms with Crippen molar-refractivity contribution >= 4 is 0 Å². The third kappa shape index (κ3) is 4.05. The van der Waals surface area contributed by atoms with Crippen LogP contribution in [0.5, 0.6) is 0 Å². The van der Waals surface area contributed by atoms with Crippen LogP contribution in [0.2, 0.25) is 0 Å². The molecule has 3 heteroatoms. The van der Waals surface area contributed by atoms with Crippen molar-refractivity contribution in [3.63, 3.8) is 0 Å². The van der Waals surface area contributed by atoms with Crippen molar-refractivity contribution in [1.82, 2.24) is 10.2 Å². The van der Waals surface area contributed by atoms with E-state index in [0.29, 0.717) is 24.5 Å². The standard InChI is InChI=1S/C17H28N2O/c1-13(2)17(20)11-18-16-9-10-19(12-16)14(3)15-7-5-4-6-8-15/h4-8,13-14,16-18,20H,9-12H2,1-3H3. The molecule has 3 unspecified atom stereocenters. The summed E-state index contributed by atoms with van der Waals surface area (Å²) in [5, 5.41) is 13.4. The number of nitrogens with zero attached hydrogens (tertiary/aromatic N) is 1. The molecule has 0 amide bonds. The molecule has 0 radical (unpaired) electrons. The van der Waals surface area contributed by atoms with Gasteiger partial charge in [-0.3, -0.25) is 4.90 Å². The highest BCUT2D eigenvalue weighted by molar-refractivity contribution is 5.18. The second-order valence-corrected chi connectivity index (χ2v) is 6.29. The zero-order valence-corrected chi connectivity index (χ0v) is 12.9. The minimum atomic E-state index is -0.240. The summed E-state index contributed by atoms with van der Waals surface area (Å²) in [6.07, 6.45) is 0.928. The van der Waals surface area contributed by atoms with Crippen LogP contribution < -0.4 is 5.32 Å².